The molecule has 0 N–H and O–H groups in total. The Hall–Kier alpha value is -2.62. The molecule has 1 aliphatic heterocycles. The number of rotatable bonds is 8. The van der Waals surface area contributed by atoms with Crippen LogP contribution in [0.15, 0.2) is 45.6 Å². The molecule has 1 aliphatic rings. The minimum absolute atomic E-state index is 0.0891. The van der Waals surface area contributed by atoms with Crippen LogP contribution in [0.5, 0.6) is 5.75 Å². The molecule has 4 rings (SSSR count). The van der Waals surface area contributed by atoms with Crippen molar-refractivity contribution >= 4 is 21.7 Å². The van der Waals surface area contributed by atoms with E-state index >= 15 is 0 Å². The first-order valence-electron chi connectivity index (χ1n) is 10.5. The van der Waals surface area contributed by atoms with Gasteiger partial charge in [0.05, 0.1) is 24.5 Å². The second kappa shape index (κ2) is 10.5. The quantitative estimate of drug-likeness (QED) is 0.395. The van der Waals surface area contributed by atoms with Crippen molar-refractivity contribution in [2.24, 2.45) is 0 Å². The molecule has 1 fully saturated rings. The average Bonchev–Trinajstić information content (AvgIpc) is 3.19. The molecule has 9 heteroatoms. The summed E-state index contributed by atoms with van der Waals surface area (Å²) in [5, 5.41) is 3.82. The van der Waals surface area contributed by atoms with E-state index in [0.29, 0.717) is 42.3 Å². The first-order chi connectivity index (χ1) is 15.9. The number of nitrogens with zero attached hydrogens (tertiary/aromatic N) is 2. The van der Waals surface area contributed by atoms with Crippen LogP contribution in [0.3, 0.4) is 0 Å². The fourth-order valence-corrected chi connectivity index (χ4v) is 4.07. The standard InChI is InChI=1S/C24H23BrF2N2O4/c1-15-18(14-33-28-15)8-23(30)20-11-21(25)17(12-29-4-6-31-7-5-29)9-24(20)32-13-16-2-3-19(26)10-22(16)27/h2-3,9-11,14H,4-8,12-13H2,1H3. The van der Waals surface area contributed by atoms with Crippen LogP contribution in [0.4, 0.5) is 8.78 Å². The molecule has 1 aromatic heterocycles. The van der Waals surface area contributed by atoms with Crippen LogP contribution in [-0.4, -0.2) is 42.1 Å². The fraction of sp³-hybridized carbons (Fsp3) is 0.333. The Labute approximate surface area is 198 Å². The van der Waals surface area contributed by atoms with Crippen molar-refractivity contribution in [2.75, 3.05) is 26.3 Å². The van der Waals surface area contributed by atoms with Crippen LogP contribution in [0.2, 0.25) is 0 Å². The number of morpholine rings is 1. The molecule has 2 heterocycles. The second-order valence-electron chi connectivity index (χ2n) is 7.88. The van der Waals surface area contributed by atoms with Gasteiger partial charge in [0.2, 0.25) is 0 Å². The molecule has 2 aromatic carbocycles. The van der Waals surface area contributed by atoms with E-state index in [0.717, 1.165) is 29.2 Å². The van der Waals surface area contributed by atoms with Crippen LogP contribution in [0, 0.1) is 18.6 Å². The predicted molar refractivity (Wildman–Crippen MR) is 120 cm³/mol. The number of ketones is 1. The summed E-state index contributed by atoms with van der Waals surface area (Å²) >= 11 is 3.59. The van der Waals surface area contributed by atoms with Gasteiger partial charge in [-0.2, -0.15) is 0 Å². The maximum Gasteiger partial charge on any atom is 0.171 e. The molecule has 33 heavy (non-hydrogen) atoms. The molecule has 0 saturated carbocycles. The number of hydrogen-bond donors (Lipinski definition) is 0. The van der Waals surface area contributed by atoms with Crippen molar-refractivity contribution in [3.63, 3.8) is 0 Å². The van der Waals surface area contributed by atoms with E-state index < -0.39 is 11.6 Å². The second-order valence-corrected chi connectivity index (χ2v) is 8.73. The van der Waals surface area contributed by atoms with Gasteiger partial charge in [-0.05, 0) is 36.8 Å². The molecular weight excluding hydrogens is 498 g/mol. The maximum absolute atomic E-state index is 14.1. The molecule has 1 saturated heterocycles. The number of halogens is 3. The van der Waals surface area contributed by atoms with Crippen molar-refractivity contribution in [1.29, 1.82) is 0 Å². The van der Waals surface area contributed by atoms with Crippen LogP contribution in [0.25, 0.3) is 0 Å². The van der Waals surface area contributed by atoms with Crippen LogP contribution in [0.1, 0.15) is 32.7 Å². The van der Waals surface area contributed by atoms with Gasteiger partial charge in [0.25, 0.3) is 0 Å². The molecule has 174 valence electrons. The molecule has 0 amide bonds. The SMILES string of the molecule is Cc1nocc1CC(=O)c1cc(Br)c(CN2CCOCC2)cc1OCc1ccc(F)cc1F. The highest BCUT2D eigenvalue weighted by atomic mass is 79.9. The van der Waals surface area contributed by atoms with Gasteiger partial charge in [-0.25, -0.2) is 8.78 Å². The lowest BCUT2D eigenvalue weighted by Crippen LogP contribution is -2.35. The Morgan fingerprint density at radius 2 is 1.94 bits per heavy atom. The minimum Gasteiger partial charge on any atom is -0.488 e. The molecule has 0 aliphatic carbocycles. The van der Waals surface area contributed by atoms with E-state index in [9.17, 15) is 13.6 Å². The van der Waals surface area contributed by atoms with Gasteiger partial charge in [-0.1, -0.05) is 21.1 Å². The smallest absolute Gasteiger partial charge is 0.171 e. The molecule has 0 bridgehead atoms. The molecule has 0 radical (unpaired) electrons. The Kier molecular flexibility index (Phi) is 7.52. The first-order valence-corrected chi connectivity index (χ1v) is 11.3. The Morgan fingerprint density at radius 1 is 1.15 bits per heavy atom. The van der Waals surface area contributed by atoms with E-state index in [1.807, 2.05) is 0 Å². The number of Topliss-reactive ketones (excluding diaryl/α,β-unsaturated/α-hetero) is 1. The number of benzene rings is 2. The number of carbonyl (C=O) groups is 1. The van der Waals surface area contributed by atoms with Crippen molar-refractivity contribution in [3.8, 4) is 5.75 Å². The molecule has 0 atom stereocenters. The average molecular weight is 521 g/mol. The number of aromatic nitrogens is 1. The lowest BCUT2D eigenvalue weighted by molar-refractivity contribution is 0.0340. The third kappa shape index (κ3) is 5.85. The summed E-state index contributed by atoms with van der Waals surface area (Å²) in [6.45, 7) is 5.20. The Balaban J connectivity index is 1.62. The summed E-state index contributed by atoms with van der Waals surface area (Å²) in [6.07, 6.45) is 1.54. The fourth-order valence-electron chi connectivity index (χ4n) is 3.60. The van der Waals surface area contributed by atoms with Gasteiger partial charge in [-0.3, -0.25) is 9.69 Å². The highest BCUT2D eigenvalue weighted by Gasteiger charge is 2.21. The number of aryl methyl sites for hydroxylation is 1. The van der Waals surface area contributed by atoms with E-state index in [2.05, 4.69) is 26.0 Å². The van der Waals surface area contributed by atoms with Gasteiger partial charge in [0.15, 0.2) is 5.78 Å². The summed E-state index contributed by atoms with van der Waals surface area (Å²) in [7, 11) is 0. The highest BCUT2D eigenvalue weighted by Crippen LogP contribution is 2.31. The Morgan fingerprint density at radius 3 is 2.64 bits per heavy atom. The van der Waals surface area contributed by atoms with Gasteiger partial charge in [0.1, 0.15) is 30.3 Å². The summed E-state index contributed by atoms with van der Waals surface area (Å²) in [5.41, 5.74) is 2.81. The predicted octanol–water partition coefficient (Wildman–Crippen LogP) is 4.86. The third-order valence-electron chi connectivity index (χ3n) is 5.55. The summed E-state index contributed by atoms with van der Waals surface area (Å²) in [4.78, 5) is 15.4. The van der Waals surface area contributed by atoms with Crippen molar-refractivity contribution < 1.29 is 27.6 Å². The summed E-state index contributed by atoms with van der Waals surface area (Å²) in [6, 6.07) is 6.85. The lowest BCUT2D eigenvalue weighted by Gasteiger charge is -2.27. The van der Waals surface area contributed by atoms with Gasteiger partial charge in [-0.15, -0.1) is 0 Å². The monoisotopic (exact) mass is 520 g/mol. The molecule has 3 aromatic rings. The van der Waals surface area contributed by atoms with E-state index in [4.69, 9.17) is 14.0 Å². The third-order valence-corrected chi connectivity index (χ3v) is 6.28. The number of carbonyl (C=O) groups excluding carboxylic acids is 1. The summed E-state index contributed by atoms with van der Waals surface area (Å²) in [5.74, 6) is -1.21. The van der Waals surface area contributed by atoms with Gasteiger partial charge >= 0.3 is 0 Å². The van der Waals surface area contributed by atoms with E-state index in [1.165, 1.54) is 18.4 Å². The van der Waals surface area contributed by atoms with Crippen LogP contribution in [-0.2, 0) is 24.3 Å². The van der Waals surface area contributed by atoms with Crippen LogP contribution < -0.4 is 4.74 Å². The lowest BCUT2D eigenvalue weighted by atomic mass is 10.0. The van der Waals surface area contributed by atoms with E-state index in [1.54, 1.807) is 19.1 Å². The zero-order valence-corrected chi connectivity index (χ0v) is 19.7. The number of ether oxygens (including phenoxy) is 2. The first kappa shape index (κ1) is 23.5. The molecular formula is C24H23BrF2N2O4. The van der Waals surface area contributed by atoms with Gasteiger partial charge in [0, 0.05) is 47.7 Å². The molecule has 0 spiro atoms. The zero-order chi connectivity index (χ0) is 23.4. The van der Waals surface area contributed by atoms with Crippen molar-refractivity contribution in [1.82, 2.24) is 10.1 Å². The van der Waals surface area contributed by atoms with Crippen molar-refractivity contribution in [2.45, 2.75) is 26.5 Å². The summed E-state index contributed by atoms with van der Waals surface area (Å²) < 4.78 is 44.4. The largest absolute Gasteiger partial charge is 0.488 e. The molecule has 6 nitrogen and oxygen atoms in total. The minimum atomic E-state index is -0.700. The normalized spacial score (nSPS) is 14.4. The van der Waals surface area contributed by atoms with E-state index in [-0.39, 0.29) is 24.4 Å². The Bertz CT molecular complexity index is 1150. The maximum atomic E-state index is 14.1. The van der Waals surface area contributed by atoms with Crippen molar-refractivity contribution in [3.05, 3.63) is 80.6 Å². The molecule has 0 unspecified atom stereocenters. The highest BCUT2D eigenvalue weighted by molar-refractivity contribution is 9.10. The van der Waals surface area contributed by atoms with Crippen LogP contribution >= 0.6 is 15.9 Å². The zero-order valence-electron chi connectivity index (χ0n) is 18.1. The van der Waals surface area contributed by atoms with Gasteiger partial charge < -0.3 is 14.0 Å². The number of hydrogen-bond acceptors (Lipinski definition) is 6. The topological polar surface area (TPSA) is 64.8 Å².